The van der Waals surface area contributed by atoms with Crippen LogP contribution in [0, 0.1) is 5.82 Å². The molecule has 1 heterocycles. The van der Waals surface area contributed by atoms with E-state index in [-0.39, 0.29) is 11.9 Å². The molecule has 0 saturated carbocycles. The van der Waals surface area contributed by atoms with E-state index in [2.05, 4.69) is 24.1 Å². The zero-order valence-corrected chi connectivity index (χ0v) is 11.6. The lowest BCUT2D eigenvalue weighted by Gasteiger charge is -2.17. The highest BCUT2D eigenvalue weighted by atomic mass is 19.1. The van der Waals surface area contributed by atoms with Crippen LogP contribution < -0.4 is 5.32 Å². The Labute approximate surface area is 110 Å². The molecule has 0 amide bonds. The van der Waals surface area contributed by atoms with Gasteiger partial charge in [-0.15, -0.1) is 0 Å². The van der Waals surface area contributed by atoms with E-state index in [9.17, 15) is 4.39 Å². The number of hydrogen-bond acceptors (Lipinski definition) is 2. The van der Waals surface area contributed by atoms with Crippen LogP contribution in [0.25, 0.3) is 0 Å². The smallest absolute Gasteiger partial charge is 0.141 e. The number of aromatic nitrogens is 1. The summed E-state index contributed by atoms with van der Waals surface area (Å²) in [6.45, 7) is 5.23. The zero-order valence-electron chi connectivity index (χ0n) is 11.6. The fourth-order valence-electron chi connectivity index (χ4n) is 2.15. The molecule has 1 unspecified atom stereocenters. The van der Waals surface area contributed by atoms with Crippen molar-refractivity contribution in [2.45, 2.75) is 58.4 Å². The van der Waals surface area contributed by atoms with E-state index in [1.54, 1.807) is 6.07 Å². The fourth-order valence-corrected chi connectivity index (χ4v) is 2.15. The van der Waals surface area contributed by atoms with Crippen LogP contribution in [0.2, 0.25) is 0 Å². The average Bonchev–Trinajstić information content (AvgIpc) is 2.38. The normalized spacial score (nSPS) is 12.6. The molecule has 1 rings (SSSR count). The summed E-state index contributed by atoms with van der Waals surface area (Å²) in [5, 5.41) is 3.42. The predicted octanol–water partition coefficient (Wildman–Crippen LogP) is 4.23. The molecular weight excluding hydrogens is 227 g/mol. The fraction of sp³-hybridized carbons (Fsp3) is 0.667. The summed E-state index contributed by atoms with van der Waals surface area (Å²) in [4.78, 5) is 4.17. The number of unbranched alkanes of at least 4 members (excludes halogenated alkanes) is 4. The Kier molecular flexibility index (Phi) is 7.58. The number of nitrogens with one attached hydrogen (secondary N) is 1. The first kappa shape index (κ1) is 15.1. The summed E-state index contributed by atoms with van der Waals surface area (Å²) in [7, 11) is 0. The number of pyridine rings is 1. The summed E-state index contributed by atoms with van der Waals surface area (Å²) < 4.78 is 12.8. The molecule has 0 aromatic carbocycles. The molecule has 1 aromatic rings. The molecule has 0 radical (unpaired) electrons. The first-order chi connectivity index (χ1) is 8.77. The van der Waals surface area contributed by atoms with E-state index in [1.165, 1.54) is 44.4 Å². The monoisotopic (exact) mass is 252 g/mol. The van der Waals surface area contributed by atoms with Crippen LogP contribution >= 0.6 is 0 Å². The van der Waals surface area contributed by atoms with Crippen molar-refractivity contribution in [3.05, 3.63) is 29.8 Å². The molecule has 18 heavy (non-hydrogen) atoms. The molecule has 0 aliphatic rings. The Morgan fingerprint density at radius 3 is 2.56 bits per heavy atom. The summed E-state index contributed by atoms with van der Waals surface area (Å²) in [6, 6.07) is 3.54. The molecule has 0 spiro atoms. The van der Waals surface area contributed by atoms with Crippen molar-refractivity contribution in [3.8, 4) is 0 Å². The lowest BCUT2D eigenvalue weighted by atomic mass is 10.0. The largest absolute Gasteiger partial charge is 0.309 e. The van der Waals surface area contributed by atoms with E-state index >= 15 is 0 Å². The van der Waals surface area contributed by atoms with Crippen LogP contribution in [0.3, 0.4) is 0 Å². The summed E-state index contributed by atoms with van der Waals surface area (Å²) in [6.07, 6.45) is 8.77. The van der Waals surface area contributed by atoms with Crippen molar-refractivity contribution >= 4 is 0 Å². The first-order valence-corrected chi connectivity index (χ1v) is 7.12. The van der Waals surface area contributed by atoms with Gasteiger partial charge in [-0.05, 0) is 25.1 Å². The molecule has 0 saturated heterocycles. The Bertz CT molecular complexity index is 311. The number of halogens is 1. The molecule has 1 N–H and O–H groups in total. The molecule has 0 bridgehead atoms. The van der Waals surface area contributed by atoms with Crippen molar-refractivity contribution in [2.24, 2.45) is 0 Å². The van der Waals surface area contributed by atoms with Crippen molar-refractivity contribution in [1.82, 2.24) is 10.3 Å². The molecule has 2 nitrogen and oxygen atoms in total. The van der Waals surface area contributed by atoms with Gasteiger partial charge in [0.15, 0.2) is 0 Å². The Balaban J connectivity index is 2.41. The number of hydrogen-bond donors (Lipinski definition) is 1. The third kappa shape index (κ3) is 5.58. The van der Waals surface area contributed by atoms with Gasteiger partial charge < -0.3 is 5.32 Å². The van der Waals surface area contributed by atoms with Crippen molar-refractivity contribution < 1.29 is 4.39 Å². The molecule has 102 valence electrons. The lowest BCUT2D eigenvalue weighted by molar-refractivity contribution is 0.468. The van der Waals surface area contributed by atoms with Crippen molar-refractivity contribution in [1.29, 1.82) is 0 Å². The number of nitrogens with zero attached hydrogens (tertiary/aromatic N) is 1. The van der Waals surface area contributed by atoms with Gasteiger partial charge in [0, 0.05) is 6.04 Å². The highest BCUT2D eigenvalue weighted by Gasteiger charge is 2.11. The quantitative estimate of drug-likeness (QED) is 0.665. The minimum Gasteiger partial charge on any atom is -0.309 e. The van der Waals surface area contributed by atoms with Gasteiger partial charge in [0.2, 0.25) is 0 Å². The Hall–Kier alpha value is -0.960. The molecule has 1 atom stereocenters. The lowest BCUT2D eigenvalue weighted by Crippen LogP contribution is -2.21. The van der Waals surface area contributed by atoms with Crippen LogP contribution in [0.15, 0.2) is 18.3 Å². The van der Waals surface area contributed by atoms with E-state index < -0.39 is 0 Å². The van der Waals surface area contributed by atoms with Gasteiger partial charge in [-0.3, -0.25) is 4.98 Å². The molecule has 0 fully saturated rings. The zero-order chi connectivity index (χ0) is 13.2. The van der Waals surface area contributed by atoms with Crippen LogP contribution in [0.1, 0.15) is 64.1 Å². The second kappa shape index (κ2) is 9.03. The minimum absolute atomic E-state index is 0.261. The minimum atomic E-state index is -0.267. The van der Waals surface area contributed by atoms with Gasteiger partial charge >= 0.3 is 0 Å². The van der Waals surface area contributed by atoms with Gasteiger partial charge in [-0.1, -0.05) is 46.0 Å². The van der Waals surface area contributed by atoms with Gasteiger partial charge in [-0.25, -0.2) is 4.39 Å². The van der Waals surface area contributed by atoms with Crippen LogP contribution in [0.4, 0.5) is 4.39 Å². The Morgan fingerprint density at radius 1 is 1.17 bits per heavy atom. The maximum atomic E-state index is 12.8. The van der Waals surface area contributed by atoms with Gasteiger partial charge in [0.05, 0.1) is 11.9 Å². The molecular formula is C15H25FN2. The summed E-state index contributed by atoms with van der Waals surface area (Å²) in [5.41, 5.74) is 0.953. The second-order valence-electron chi connectivity index (χ2n) is 4.71. The topological polar surface area (TPSA) is 24.9 Å². The standard InChI is InChI=1S/C15H25FN2/c1-3-5-6-7-8-9-14(17-4-2)15-11-10-13(16)12-18-15/h10-12,14,17H,3-9H2,1-2H3. The third-order valence-electron chi connectivity index (χ3n) is 3.15. The number of rotatable bonds is 9. The maximum absolute atomic E-state index is 12.8. The molecule has 0 aliphatic carbocycles. The van der Waals surface area contributed by atoms with Gasteiger partial charge in [0.1, 0.15) is 5.82 Å². The highest BCUT2D eigenvalue weighted by molar-refractivity contribution is 5.09. The molecule has 1 aromatic heterocycles. The molecule has 0 aliphatic heterocycles. The Morgan fingerprint density at radius 2 is 1.94 bits per heavy atom. The van der Waals surface area contributed by atoms with Crippen LogP contribution in [0.5, 0.6) is 0 Å². The molecule has 3 heteroatoms. The summed E-state index contributed by atoms with van der Waals surface area (Å²) in [5.74, 6) is -0.267. The van der Waals surface area contributed by atoms with Crippen molar-refractivity contribution in [2.75, 3.05) is 6.54 Å². The van der Waals surface area contributed by atoms with E-state index in [0.29, 0.717) is 0 Å². The predicted molar refractivity (Wildman–Crippen MR) is 74.0 cm³/mol. The summed E-state index contributed by atoms with van der Waals surface area (Å²) >= 11 is 0. The van der Waals surface area contributed by atoms with E-state index in [4.69, 9.17) is 0 Å². The van der Waals surface area contributed by atoms with Crippen molar-refractivity contribution in [3.63, 3.8) is 0 Å². The van der Waals surface area contributed by atoms with Crippen LogP contribution in [-0.2, 0) is 0 Å². The van der Waals surface area contributed by atoms with E-state index in [1.807, 2.05) is 0 Å². The third-order valence-corrected chi connectivity index (χ3v) is 3.15. The van der Waals surface area contributed by atoms with Gasteiger partial charge in [0.25, 0.3) is 0 Å². The van der Waals surface area contributed by atoms with Crippen LogP contribution in [-0.4, -0.2) is 11.5 Å². The highest BCUT2D eigenvalue weighted by Crippen LogP contribution is 2.18. The first-order valence-electron chi connectivity index (χ1n) is 7.12. The maximum Gasteiger partial charge on any atom is 0.141 e. The van der Waals surface area contributed by atoms with E-state index in [0.717, 1.165) is 18.7 Å². The average molecular weight is 252 g/mol. The second-order valence-corrected chi connectivity index (χ2v) is 4.71. The SMILES string of the molecule is CCCCCCCC(NCC)c1ccc(F)cn1. The van der Waals surface area contributed by atoms with Gasteiger partial charge in [-0.2, -0.15) is 0 Å².